The molecule has 1 aromatic heterocycles. The van der Waals surface area contributed by atoms with Gasteiger partial charge >= 0.3 is 0 Å². The summed E-state index contributed by atoms with van der Waals surface area (Å²) in [6.45, 7) is 0. The first kappa shape index (κ1) is 26.3. The Bertz CT molecular complexity index is 2530. The molecule has 0 aliphatic heterocycles. The van der Waals surface area contributed by atoms with E-state index < -0.39 is 0 Å². The Morgan fingerprint density at radius 3 is 1.80 bits per heavy atom. The smallest absolute Gasteiger partial charge is 0.144 e. The zero-order chi connectivity index (χ0) is 30.5. The third-order valence-corrected chi connectivity index (χ3v) is 9.00. The van der Waals surface area contributed by atoms with Crippen LogP contribution in [0.1, 0.15) is 0 Å². The van der Waals surface area contributed by atoms with E-state index in [0.29, 0.717) is 0 Å². The van der Waals surface area contributed by atoms with Gasteiger partial charge in [0.15, 0.2) is 0 Å². The van der Waals surface area contributed by atoms with Crippen LogP contribution in [-0.2, 0) is 0 Å². The lowest BCUT2D eigenvalue weighted by molar-refractivity contribution is 0.673. The van der Waals surface area contributed by atoms with Crippen molar-refractivity contribution < 1.29 is 4.42 Å². The van der Waals surface area contributed by atoms with Crippen LogP contribution in [0.15, 0.2) is 180 Å². The van der Waals surface area contributed by atoms with Crippen LogP contribution in [0.3, 0.4) is 0 Å². The van der Waals surface area contributed by atoms with Gasteiger partial charge in [0.25, 0.3) is 0 Å². The normalized spacial score (nSPS) is 11.5. The number of anilines is 3. The topological polar surface area (TPSA) is 16.4 Å². The van der Waals surface area contributed by atoms with Gasteiger partial charge in [0.05, 0.1) is 5.69 Å². The molecule has 0 aliphatic carbocycles. The molecule has 0 atom stereocenters. The van der Waals surface area contributed by atoms with E-state index in [4.69, 9.17) is 4.42 Å². The molecule has 2 heteroatoms. The molecule has 0 saturated heterocycles. The number of fused-ring (bicyclic) bond motifs is 6. The monoisotopic (exact) mass is 587 g/mol. The molecule has 46 heavy (non-hydrogen) atoms. The summed E-state index contributed by atoms with van der Waals surface area (Å²) in [6.07, 6.45) is 0. The highest BCUT2D eigenvalue weighted by Crippen LogP contribution is 2.52. The van der Waals surface area contributed by atoms with Gasteiger partial charge in [-0.05, 0) is 57.8 Å². The first-order valence-corrected chi connectivity index (χ1v) is 15.7. The number of nitrogens with zero attached hydrogens (tertiary/aromatic N) is 1. The van der Waals surface area contributed by atoms with Crippen LogP contribution in [0.25, 0.3) is 65.7 Å². The minimum Gasteiger partial charge on any atom is -0.455 e. The molecule has 0 saturated carbocycles. The summed E-state index contributed by atoms with van der Waals surface area (Å²) in [4.78, 5) is 2.45. The molecule has 0 fully saturated rings. The highest BCUT2D eigenvalue weighted by Gasteiger charge is 2.26. The molecular weight excluding hydrogens is 558 g/mol. The molecule has 9 rings (SSSR count). The maximum absolute atomic E-state index is 6.69. The predicted octanol–water partition coefficient (Wildman–Crippen LogP) is 12.7. The summed E-state index contributed by atoms with van der Waals surface area (Å²) in [5.41, 5.74) is 9.76. The van der Waals surface area contributed by atoms with Crippen LogP contribution in [-0.4, -0.2) is 0 Å². The molecule has 0 spiro atoms. The molecule has 0 radical (unpaired) electrons. The van der Waals surface area contributed by atoms with Crippen LogP contribution < -0.4 is 4.90 Å². The van der Waals surface area contributed by atoms with Crippen LogP contribution in [0.5, 0.6) is 0 Å². The number of hydrogen-bond acceptors (Lipinski definition) is 2. The minimum atomic E-state index is 0.889. The summed E-state index contributed by atoms with van der Waals surface area (Å²) in [5.74, 6) is 0. The molecule has 0 N–H and O–H groups in total. The van der Waals surface area contributed by atoms with Gasteiger partial charge in [-0.3, -0.25) is 0 Å². The van der Waals surface area contributed by atoms with Crippen LogP contribution >= 0.6 is 0 Å². The van der Waals surface area contributed by atoms with Crippen molar-refractivity contribution >= 4 is 60.5 Å². The van der Waals surface area contributed by atoms with E-state index in [1.807, 2.05) is 6.07 Å². The molecule has 1 heterocycles. The molecular formula is C44H29NO. The fourth-order valence-electron chi connectivity index (χ4n) is 6.92. The summed E-state index contributed by atoms with van der Waals surface area (Å²) in [7, 11) is 0. The number of hydrogen-bond donors (Lipinski definition) is 0. The van der Waals surface area contributed by atoms with Crippen molar-refractivity contribution in [2.24, 2.45) is 0 Å². The van der Waals surface area contributed by atoms with E-state index in [1.54, 1.807) is 0 Å². The van der Waals surface area contributed by atoms with Crippen molar-refractivity contribution in [3.05, 3.63) is 176 Å². The van der Waals surface area contributed by atoms with Crippen LogP contribution in [0.2, 0.25) is 0 Å². The van der Waals surface area contributed by atoms with E-state index in [0.717, 1.165) is 60.9 Å². The highest BCUT2D eigenvalue weighted by atomic mass is 16.3. The second-order valence-electron chi connectivity index (χ2n) is 11.7. The van der Waals surface area contributed by atoms with Crippen molar-refractivity contribution in [2.45, 2.75) is 0 Å². The number of para-hydroxylation sites is 1. The van der Waals surface area contributed by atoms with Crippen LogP contribution in [0.4, 0.5) is 17.1 Å². The Balaban J connectivity index is 1.46. The van der Waals surface area contributed by atoms with E-state index in [9.17, 15) is 0 Å². The molecule has 9 aromatic rings. The number of furan rings is 1. The lowest BCUT2D eigenvalue weighted by atomic mass is 9.91. The third kappa shape index (κ3) is 4.27. The first-order chi connectivity index (χ1) is 22.8. The van der Waals surface area contributed by atoms with E-state index in [1.165, 1.54) is 21.9 Å². The predicted molar refractivity (Wildman–Crippen MR) is 194 cm³/mol. The Morgan fingerprint density at radius 1 is 0.391 bits per heavy atom. The van der Waals surface area contributed by atoms with Crippen molar-refractivity contribution in [2.75, 3.05) is 4.90 Å². The molecule has 8 aromatic carbocycles. The standard InChI is InChI=1S/C44H29NO/c1-3-14-30(15-4-1)34-20-13-21-35(28-34)45(36-27-26-31-16-7-8-19-33(31)29-36)43-37-22-9-10-23-38(37)44-42(39-24-11-12-25-40(39)46-44)41(43)32-17-5-2-6-18-32/h1-29H. The van der Waals surface area contributed by atoms with Gasteiger partial charge in [-0.2, -0.15) is 0 Å². The fourth-order valence-corrected chi connectivity index (χ4v) is 6.92. The van der Waals surface area contributed by atoms with Gasteiger partial charge in [0, 0.05) is 38.5 Å². The minimum absolute atomic E-state index is 0.889. The third-order valence-electron chi connectivity index (χ3n) is 9.00. The van der Waals surface area contributed by atoms with Crippen molar-refractivity contribution in [1.29, 1.82) is 0 Å². The van der Waals surface area contributed by atoms with Crippen molar-refractivity contribution in [1.82, 2.24) is 0 Å². The quantitative estimate of drug-likeness (QED) is 0.199. The van der Waals surface area contributed by atoms with Gasteiger partial charge in [0.1, 0.15) is 11.2 Å². The maximum Gasteiger partial charge on any atom is 0.144 e. The molecule has 0 unspecified atom stereocenters. The lowest BCUT2D eigenvalue weighted by Gasteiger charge is -2.30. The maximum atomic E-state index is 6.69. The van der Waals surface area contributed by atoms with Gasteiger partial charge in [-0.1, -0.05) is 146 Å². The fraction of sp³-hybridized carbons (Fsp3) is 0. The SMILES string of the molecule is c1ccc(-c2cccc(N(c3ccc4ccccc4c3)c3c(-c4ccccc4)c4c5ccccc5oc4c4ccccc34)c2)cc1. The van der Waals surface area contributed by atoms with E-state index in [2.05, 4.69) is 175 Å². The molecule has 2 nitrogen and oxygen atoms in total. The zero-order valence-corrected chi connectivity index (χ0v) is 25.1. The summed E-state index contributed by atoms with van der Waals surface area (Å²) in [5, 5.41) is 6.87. The van der Waals surface area contributed by atoms with Crippen molar-refractivity contribution in [3.8, 4) is 22.3 Å². The summed E-state index contributed by atoms with van der Waals surface area (Å²) < 4.78 is 6.69. The van der Waals surface area contributed by atoms with Gasteiger partial charge in [-0.15, -0.1) is 0 Å². The lowest BCUT2D eigenvalue weighted by Crippen LogP contribution is -2.12. The number of rotatable bonds is 5. The van der Waals surface area contributed by atoms with E-state index >= 15 is 0 Å². The Kier molecular flexibility index (Phi) is 6.17. The van der Waals surface area contributed by atoms with Crippen molar-refractivity contribution in [3.63, 3.8) is 0 Å². The zero-order valence-electron chi connectivity index (χ0n) is 25.1. The van der Waals surface area contributed by atoms with Gasteiger partial charge in [0.2, 0.25) is 0 Å². The largest absolute Gasteiger partial charge is 0.455 e. The Hall–Kier alpha value is -6.12. The molecule has 0 amide bonds. The molecule has 0 aliphatic rings. The summed E-state index contributed by atoms with van der Waals surface area (Å²) >= 11 is 0. The second kappa shape index (κ2) is 10.8. The van der Waals surface area contributed by atoms with Crippen LogP contribution in [0, 0.1) is 0 Å². The second-order valence-corrected chi connectivity index (χ2v) is 11.7. The van der Waals surface area contributed by atoms with Gasteiger partial charge in [-0.25, -0.2) is 0 Å². The highest BCUT2D eigenvalue weighted by molar-refractivity contribution is 6.27. The molecule has 216 valence electrons. The van der Waals surface area contributed by atoms with Gasteiger partial charge < -0.3 is 9.32 Å². The first-order valence-electron chi connectivity index (χ1n) is 15.7. The molecule has 0 bridgehead atoms. The average molecular weight is 588 g/mol. The Morgan fingerprint density at radius 2 is 1.00 bits per heavy atom. The van der Waals surface area contributed by atoms with E-state index in [-0.39, 0.29) is 0 Å². The summed E-state index contributed by atoms with van der Waals surface area (Å²) in [6, 6.07) is 62.7. The average Bonchev–Trinajstić information content (AvgIpc) is 3.52. The Labute approximate surface area is 267 Å². The number of benzene rings is 8.